The first-order chi connectivity index (χ1) is 13.7. The Morgan fingerprint density at radius 2 is 2.29 bits per heavy atom. The molecule has 1 amide bonds. The molecular formula is C20H30N4O4. The van der Waals surface area contributed by atoms with Crippen LogP contribution in [0.2, 0.25) is 0 Å². The van der Waals surface area contributed by atoms with Gasteiger partial charge in [-0.25, -0.2) is 0 Å². The second-order valence-corrected chi connectivity index (χ2v) is 7.02. The third-order valence-corrected chi connectivity index (χ3v) is 4.74. The molecule has 154 valence electrons. The van der Waals surface area contributed by atoms with Crippen LogP contribution in [0.3, 0.4) is 0 Å². The molecule has 1 aromatic carbocycles. The smallest absolute Gasteiger partial charge is 0.265 e. The summed E-state index contributed by atoms with van der Waals surface area (Å²) in [5, 5.41) is 6.62. The molecule has 0 aromatic heterocycles. The lowest BCUT2D eigenvalue weighted by Crippen LogP contribution is -2.45. The van der Waals surface area contributed by atoms with Gasteiger partial charge in [0.15, 0.2) is 12.6 Å². The van der Waals surface area contributed by atoms with Gasteiger partial charge in [-0.15, -0.1) is 0 Å². The van der Waals surface area contributed by atoms with Gasteiger partial charge < -0.3 is 29.7 Å². The number of amides is 1. The number of nitrogens with one attached hydrogen (secondary N) is 2. The Hall–Kier alpha value is -2.32. The number of carbonyl (C=O) groups is 1. The summed E-state index contributed by atoms with van der Waals surface area (Å²) >= 11 is 0. The minimum atomic E-state index is -0.0112. The Bertz CT molecular complexity index is 676. The summed E-state index contributed by atoms with van der Waals surface area (Å²) < 4.78 is 16.6. The van der Waals surface area contributed by atoms with Gasteiger partial charge >= 0.3 is 0 Å². The van der Waals surface area contributed by atoms with Crippen LogP contribution in [0.15, 0.2) is 29.3 Å². The number of para-hydroxylation sites is 2. The fourth-order valence-electron chi connectivity index (χ4n) is 3.24. The van der Waals surface area contributed by atoms with Crippen LogP contribution in [-0.2, 0) is 14.3 Å². The number of guanidine groups is 1. The van der Waals surface area contributed by atoms with Crippen molar-refractivity contribution in [3.63, 3.8) is 0 Å². The quantitative estimate of drug-likeness (QED) is 0.394. The molecule has 28 heavy (non-hydrogen) atoms. The molecule has 1 aromatic rings. The zero-order valence-corrected chi connectivity index (χ0v) is 16.6. The molecule has 1 fully saturated rings. The van der Waals surface area contributed by atoms with Crippen molar-refractivity contribution in [3.8, 4) is 5.75 Å². The highest BCUT2D eigenvalue weighted by Crippen LogP contribution is 2.31. The molecule has 8 heteroatoms. The number of ether oxygens (including phenoxy) is 3. The fraction of sp³-hybridized carbons (Fsp3) is 0.600. The van der Waals surface area contributed by atoms with Gasteiger partial charge in [-0.1, -0.05) is 12.1 Å². The highest BCUT2D eigenvalue weighted by Gasteiger charge is 2.24. The molecule has 2 heterocycles. The van der Waals surface area contributed by atoms with Gasteiger partial charge in [0.2, 0.25) is 0 Å². The van der Waals surface area contributed by atoms with Crippen molar-refractivity contribution >= 4 is 17.6 Å². The molecule has 2 aliphatic heterocycles. The Morgan fingerprint density at radius 3 is 3.07 bits per heavy atom. The molecule has 3 rings (SSSR count). The number of anilines is 1. The number of nitrogens with zero attached hydrogens (tertiary/aromatic N) is 2. The van der Waals surface area contributed by atoms with Crippen LogP contribution < -0.4 is 20.3 Å². The molecule has 2 unspecified atom stereocenters. The van der Waals surface area contributed by atoms with E-state index in [0.29, 0.717) is 26.3 Å². The molecule has 2 aliphatic rings. The number of benzene rings is 1. The number of aliphatic imine (C=N–C) groups is 1. The van der Waals surface area contributed by atoms with Crippen molar-refractivity contribution in [2.24, 2.45) is 4.99 Å². The van der Waals surface area contributed by atoms with Crippen LogP contribution in [0.5, 0.6) is 5.75 Å². The maximum absolute atomic E-state index is 12.2. The average molecular weight is 390 g/mol. The minimum Gasteiger partial charge on any atom is -0.482 e. The zero-order valence-electron chi connectivity index (χ0n) is 16.6. The Morgan fingerprint density at radius 1 is 1.43 bits per heavy atom. The van der Waals surface area contributed by atoms with E-state index in [0.717, 1.165) is 36.8 Å². The lowest BCUT2D eigenvalue weighted by Gasteiger charge is -2.29. The van der Waals surface area contributed by atoms with Crippen molar-refractivity contribution in [1.29, 1.82) is 0 Å². The fourth-order valence-corrected chi connectivity index (χ4v) is 3.24. The van der Waals surface area contributed by atoms with Crippen LogP contribution >= 0.6 is 0 Å². The number of hydrogen-bond donors (Lipinski definition) is 2. The monoisotopic (exact) mass is 390 g/mol. The van der Waals surface area contributed by atoms with Crippen molar-refractivity contribution < 1.29 is 19.0 Å². The summed E-state index contributed by atoms with van der Waals surface area (Å²) in [6, 6.07) is 7.77. The molecule has 0 radical (unpaired) electrons. The maximum Gasteiger partial charge on any atom is 0.265 e. The summed E-state index contributed by atoms with van der Waals surface area (Å²) in [5.74, 6) is 1.48. The van der Waals surface area contributed by atoms with E-state index < -0.39 is 0 Å². The first-order valence-electron chi connectivity index (χ1n) is 9.86. The van der Waals surface area contributed by atoms with Gasteiger partial charge in [0.25, 0.3) is 5.91 Å². The van der Waals surface area contributed by atoms with Crippen LogP contribution in [0, 0.1) is 0 Å². The normalized spacial score (nSPS) is 20.5. The lowest BCUT2D eigenvalue weighted by atomic mass is 10.2. The summed E-state index contributed by atoms with van der Waals surface area (Å²) in [6.07, 6.45) is 1.96. The van der Waals surface area contributed by atoms with Crippen LogP contribution in [0.4, 0.5) is 5.69 Å². The van der Waals surface area contributed by atoms with Gasteiger partial charge in [-0.2, -0.15) is 0 Å². The Kier molecular flexibility index (Phi) is 7.50. The molecule has 2 atom stereocenters. The lowest BCUT2D eigenvalue weighted by molar-refractivity contribution is -0.121. The minimum absolute atomic E-state index is 0.0112. The summed E-state index contributed by atoms with van der Waals surface area (Å²) in [7, 11) is 1.75. The van der Waals surface area contributed by atoms with E-state index in [1.54, 1.807) is 11.9 Å². The third-order valence-electron chi connectivity index (χ3n) is 4.74. The molecule has 0 bridgehead atoms. The van der Waals surface area contributed by atoms with E-state index in [1.165, 1.54) is 0 Å². The predicted octanol–water partition coefficient (Wildman–Crippen LogP) is 1.16. The van der Waals surface area contributed by atoms with Crippen LogP contribution in [0.1, 0.15) is 19.8 Å². The number of carbonyl (C=O) groups excluding carboxylic acids is 1. The molecule has 8 nitrogen and oxygen atoms in total. The summed E-state index contributed by atoms with van der Waals surface area (Å²) in [4.78, 5) is 18.2. The van der Waals surface area contributed by atoms with Crippen LogP contribution in [-0.4, -0.2) is 70.6 Å². The van der Waals surface area contributed by atoms with E-state index in [9.17, 15) is 4.79 Å². The first-order valence-corrected chi connectivity index (χ1v) is 9.86. The zero-order chi connectivity index (χ0) is 19.8. The van der Waals surface area contributed by atoms with E-state index in [-0.39, 0.29) is 24.7 Å². The summed E-state index contributed by atoms with van der Waals surface area (Å²) in [6.45, 7) is 5.56. The van der Waals surface area contributed by atoms with Gasteiger partial charge in [0.1, 0.15) is 5.75 Å². The van der Waals surface area contributed by atoms with Gasteiger partial charge in [-0.05, 0) is 31.9 Å². The molecule has 0 spiro atoms. The number of fused-ring (bicyclic) bond motifs is 1. The molecule has 0 saturated carbocycles. The topological polar surface area (TPSA) is 84.4 Å². The molecule has 0 aliphatic carbocycles. The van der Waals surface area contributed by atoms with Gasteiger partial charge in [0, 0.05) is 32.8 Å². The average Bonchev–Trinajstić information content (AvgIpc) is 3.23. The van der Waals surface area contributed by atoms with Crippen molar-refractivity contribution in [1.82, 2.24) is 10.6 Å². The second-order valence-electron chi connectivity index (χ2n) is 7.02. The Balaban J connectivity index is 1.38. The van der Waals surface area contributed by atoms with Crippen molar-refractivity contribution in [3.05, 3.63) is 24.3 Å². The van der Waals surface area contributed by atoms with E-state index >= 15 is 0 Å². The van der Waals surface area contributed by atoms with Gasteiger partial charge in [0.05, 0.1) is 25.0 Å². The first kappa shape index (κ1) is 20.4. The van der Waals surface area contributed by atoms with Gasteiger partial charge in [-0.3, -0.25) is 9.79 Å². The van der Waals surface area contributed by atoms with E-state index in [2.05, 4.69) is 22.5 Å². The Labute approximate surface area is 166 Å². The van der Waals surface area contributed by atoms with Crippen molar-refractivity contribution in [2.45, 2.75) is 31.9 Å². The number of hydrogen-bond acceptors (Lipinski definition) is 5. The highest BCUT2D eigenvalue weighted by molar-refractivity contribution is 5.97. The standard InChI is InChI=1S/C20H30N4O4/c1-15(12-27-16-8-11-26-13-16)23-20(21-2)22-9-5-10-24-17-6-3-4-7-18(17)28-14-19(24)25/h3-4,6-7,15-16H,5,8-14H2,1-2H3,(H2,21,22,23). The maximum atomic E-state index is 12.2. The van der Waals surface area contributed by atoms with Crippen molar-refractivity contribution in [2.75, 3.05) is 51.5 Å². The predicted molar refractivity (Wildman–Crippen MR) is 108 cm³/mol. The SMILES string of the molecule is CN=C(NCCCN1C(=O)COc2ccccc21)NC(C)COC1CCOC1. The largest absolute Gasteiger partial charge is 0.482 e. The summed E-state index contributed by atoms with van der Waals surface area (Å²) in [5.41, 5.74) is 0.836. The third kappa shape index (κ3) is 5.59. The van der Waals surface area contributed by atoms with Crippen LogP contribution in [0.25, 0.3) is 0 Å². The molecular weight excluding hydrogens is 360 g/mol. The number of rotatable bonds is 8. The molecule has 1 saturated heterocycles. The second kappa shape index (κ2) is 10.3. The highest BCUT2D eigenvalue weighted by atomic mass is 16.5. The van der Waals surface area contributed by atoms with E-state index in [1.807, 2.05) is 24.3 Å². The van der Waals surface area contributed by atoms with E-state index in [4.69, 9.17) is 14.2 Å². The molecule has 2 N–H and O–H groups in total.